The number of piperidine rings is 3. The number of carbonyl (C=O) groups is 3. The lowest BCUT2D eigenvalue weighted by atomic mass is 9.98. The number of anilines is 1. The highest BCUT2D eigenvalue weighted by Gasteiger charge is 2.36. The fourth-order valence-electron chi connectivity index (χ4n) is 7.44. The number of ether oxygens (including phenoxy) is 1. The second-order valence-electron chi connectivity index (χ2n) is 13.2. The quantitative estimate of drug-likeness (QED) is 0.359. The molecule has 3 saturated heterocycles. The molecule has 0 aromatic heterocycles. The van der Waals surface area contributed by atoms with Crippen molar-refractivity contribution < 1.29 is 19.1 Å². The Bertz CT molecular complexity index is 1390. The van der Waals surface area contributed by atoms with Crippen LogP contribution in [0.5, 0.6) is 0 Å². The number of fused-ring (bicyclic) bond motifs is 1. The monoisotopic (exact) mass is 757 g/mol. The minimum atomic E-state index is -0.909. The van der Waals surface area contributed by atoms with Gasteiger partial charge in [-0.15, -0.1) is 0 Å². The molecule has 0 bridgehead atoms. The predicted octanol–water partition coefficient (Wildman–Crippen LogP) is 6.60. The third kappa shape index (κ3) is 7.73. The summed E-state index contributed by atoms with van der Waals surface area (Å²) >= 11 is 7.27. The maximum Gasteiger partial charge on any atom is 0.410 e. The minimum Gasteiger partial charge on any atom is -0.436 e. The molecule has 2 aromatic rings. The zero-order valence-corrected chi connectivity index (χ0v) is 29.9. The SMILES string of the molecule is Cc1c(Br)cc(C[C@@H](OC(=O)N2CCC(N3CCc4ccccc4NC3=O)CC2)C(=O)N2CCC(N3CCCCC3)CC2)cc1Br. The van der Waals surface area contributed by atoms with E-state index in [0.717, 1.165) is 63.7 Å². The first-order valence-corrected chi connectivity index (χ1v) is 18.4. The highest BCUT2D eigenvalue weighted by Crippen LogP contribution is 2.29. The Labute approximate surface area is 289 Å². The van der Waals surface area contributed by atoms with E-state index in [-0.39, 0.29) is 18.0 Å². The van der Waals surface area contributed by atoms with Crippen molar-refractivity contribution in [3.63, 3.8) is 0 Å². The summed E-state index contributed by atoms with van der Waals surface area (Å²) in [5.74, 6) is -0.117. The molecule has 0 aliphatic carbocycles. The van der Waals surface area contributed by atoms with Gasteiger partial charge in [0, 0.05) is 65.9 Å². The third-order valence-corrected chi connectivity index (χ3v) is 11.9. The summed E-state index contributed by atoms with van der Waals surface area (Å²) in [4.78, 5) is 48.8. The maximum absolute atomic E-state index is 14.0. The molecule has 46 heavy (non-hydrogen) atoms. The van der Waals surface area contributed by atoms with Crippen LogP contribution >= 0.6 is 31.9 Å². The standard InChI is InChI=1S/C35H45Br2N5O4/c1-24-29(36)21-25(22-30(24)37)23-32(33(43)40-16-10-27(11-17-40)39-14-5-2-6-15-39)46-35(45)41-18-12-28(13-19-41)42-20-9-26-7-3-4-8-31(26)38-34(42)44/h3-4,7-8,21-22,27-28,32H,2,5-6,9-20,23H2,1H3,(H,38,44)/t32-/m1/s1. The van der Waals surface area contributed by atoms with Gasteiger partial charge in [-0.1, -0.05) is 56.5 Å². The summed E-state index contributed by atoms with van der Waals surface area (Å²) in [5, 5.41) is 3.06. The third-order valence-electron chi connectivity index (χ3n) is 10.3. The van der Waals surface area contributed by atoms with Gasteiger partial charge in [-0.05, 0) is 99.8 Å². The normalized spacial score (nSPS) is 20.9. The van der Waals surface area contributed by atoms with Crippen LogP contribution in [0.2, 0.25) is 0 Å². The zero-order chi connectivity index (χ0) is 32.2. The van der Waals surface area contributed by atoms with E-state index >= 15 is 0 Å². The van der Waals surface area contributed by atoms with Crippen molar-refractivity contribution in [2.45, 2.75) is 82.9 Å². The highest BCUT2D eigenvalue weighted by molar-refractivity contribution is 9.11. The number of hydrogen-bond acceptors (Lipinski definition) is 5. The Kier molecular flexibility index (Phi) is 10.9. The summed E-state index contributed by atoms with van der Waals surface area (Å²) in [7, 11) is 0. The van der Waals surface area contributed by atoms with E-state index in [1.807, 2.05) is 47.1 Å². The molecule has 4 aliphatic rings. The number of hydrogen-bond donors (Lipinski definition) is 1. The van der Waals surface area contributed by atoms with Gasteiger partial charge in [-0.25, -0.2) is 9.59 Å². The highest BCUT2D eigenvalue weighted by atomic mass is 79.9. The fraction of sp³-hybridized carbons (Fsp3) is 0.571. The molecule has 1 atom stereocenters. The molecule has 0 radical (unpaired) electrons. The Hall–Kier alpha value is -2.63. The summed E-state index contributed by atoms with van der Waals surface area (Å²) in [6.45, 7) is 7.29. The van der Waals surface area contributed by atoms with Gasteiger partial charge >= 0.3 is 12.1 Å². The fourth-order valence-corrected chi connectivity index (χ4v) is 8.72. The van der Waals surface area contributed by atoms with Crippen molar-refractivity contribution >= 4 is 55.6 Å². The van der Waals surface area contributed by atoms with Crippen molar-refractivity contribution in [3.05, 3.63) is 62.0 Å². The minimum absolute atomic E-state index is 0.0410. The lowest BCUT2D eigenvalue weighted by Crippen LogP contribution is -2.53. The van der Waals surface area contributed by atoms with Crippen molar-refractivity contribution in [1.82, 2.24) is 19.6 Å². The molecule has 6 rings (SSSR count). The molecular formula is C35H45Br2N5O4. The molecule has 1 N–H and O–H groups in total. The number of benzene rings is 2. The van der Waals surface area contributed by atoms with Crippen LogP contribution in [0, 0.1) is 6.92 Å². The number of halogens is 2. The second-order valence-corrected chi connectivity index (χ2v) is 14.9. The lowest BCUT2D eigenvalue weighted by molar-refractivity contribution is -0.142. The van der Waals surface area contributed by atoms with Gasteiger partial charge in [0.15, 0.2) is 6.10 Å². The molecule has 0 unspecified atom stereocenters. The summed E-state index contributed by atoms with van der Waals surface area (Å²) in [6, 6.07) is 12.4. The van der Waals surface area contributed by atoms with Gasteiger partial charge in [0.25, 0.3) is 5.91 Å². The molecule has 4 amide bonds. The lowest BCUT2D eigenvalue weighted by Gasteiger charge is -2.41. The van der Waals surface area contributed by atoms with Crippen LogP contribution in [-0.4, -0.2) is 102 Å². The number of para-hydroxylation sites is 1. The zero-order valence-electron chi connectivity index (χ0n) is 26.7. The van der Waals surface area contributed by atoms with Gasteiger partial charge < -0.3 is 29.7 Å². The summed E-state index contributed by atoms with van der Waals surface area (Å²) < 4.78 is 7.98. The van der Waals surface area contributed by atoms with Crippen LogP contribution in [0.3, 0.4) is 0 Å². The van der Waals surface area contributed by atoms with Crippen LogP contribution in [0.1, 0.15) is 61.6 Å². The van der Waals surface area contributed by atoms with Crippen LogP contribution in [0.25, 0.3) is 0 Å². The Morgan fingerprint density at radius 2 is 1.50 bits per heavy atom. The predicted molar refractivity (Wildman–Crippen MR) is 186 cm³/mol. The number of nitrogens with one attached hydrogen (secondary N) is 1. The topological polar surface area (TPSA) is 85.4 Å². The number of likely N-dealkylation sites (tertiary alicyclic amines) is 3. The van der Waals surface area contributed by atoms with E-state index < -0.39 is 12.2 Å². The molecule has 4 aliphatic heterocycles. The number of urea groups is 1. The largest absolute Gasteiger partial charge is 0.436 e. The number of amides is 4. The van der Waals surface area contributed by atoms with Crippen molar-refractivity contribution in [2.24, 2.45) is 0 Å². The van der Waals surface area contributed by atoms with Gasteiger partial charge in [-0.3, -0.25) is 4.79 Å². The average Bonchev–Trinajstić information content (AvgIpc) is 3.25. The van der Waals surface area contributed by atoms with E-state index in [4.69, 9.17) is 4.74 Å². The van der Waals surface area contributed by atoms with Gasteiger partial charge in [0.05, 0.1) is 0 Å². The molecule has 11 heteroatoms. The first kappa shape index (κ1) is 33.3. The Morgan fingerprint density at radius 1 is 0.870 bits per heavy atom. The van der Waals surface area contributed by atoms with E-state index in [1.54, 1.807) is 4.90 Å². The van der Waals surface area contributed by atoms with Crippen LogP contribution < -0.4 is 5.32 Å². The number of nitrogens with zero attached hydrogens (tertiary/aromatic N) is 4. The van der Waals surface area contributed by atoms with Crippen molar-refractivity contribution in [3.8, 4) is 0 Å². The Morgan fingerprint density at radius 3 is 2.20 bits per heavy atom. The molecule has 9 nitrogen and oxygen atoms in total. The summed E-state index contributed by atoms with van der Waals surface area (Å²) in [5.41, 5.74) is 4.01. The van der Waals surface area contributed by atoms with E-state index in [0.29, 0.717) is 58.0 Å². The Balaban J connectivity index is 1.09. The number of carbonyl (C=O) groups excluding carboxylic acids is 3. The van der Waals surface area contributed by atoms with Crippen molar-refractivity contribution in [1.29, 1.82) is 0 Å². The summed E-state index contributed by atoms with van der Waals surface area (Å²) in [6.07, 6.45) is 6.80. The van der Waals surface area contributed by atoms with E-state index in [9.17, 15) is 14.4 Å². The first-order chi connectivity index (χ1) is 22.3. The van der Waals surface area contributed by atoms with Gasteiger partial charge in [0.1, 0.15) is 0 Å². The second kappa shape index (κ2) is 15.1. The molecule has 248 valence electrons. The van der Waals surface area contributed by atoms with Crippen LogP contribution in [0.15, 0.2) is 45.3 Å². The van der Waals surface area contributed by atoms with Crippen LogP contribution in [-0.2, 0) is 22.4 Å². The average molecular weight is 760 g/mol. The van der Waals surface area contributed by atoms with Crippen molar-refractivity contribution in [2.75, 3.05) is 51.1 Å². The molecular weight excluding hydrogens is 714 g/mol. The number of rotatable bonds is 6. The molecule has 4 heterocycles. The first-order valence-electron chi connectivity index (χ1n) is 16.9. The maximum atomic E-state index is 14.0. The molecule has 3 fully saturated rings. The van der Waals surface area contributed by atoms with E-state index in [2.05, 4.69) is 48.1 Å². The molecule has 0 saturated carbocycles. The molecule has 0 spiro atoms. The van der Waals surface area contributed by atoms with Gasteiger partial charge in [-0.2, -0.15) is 0 Å². The smallest absolute Gasteiger partial charge is 0.410 e. The molecule has 2 aromatic carbocycles. The van der Waals surface area contributed by atoms with E-state index in [1.165, 1.54) is 19.3 Å². The van der Waals surface area contributed by atoms with Gasteiger partial charge in [0.2, 0.25) is 0 Å². The van der Waals surface area contributed by atoms with Crippen LogP contribution in [0.4, 0.5) is 15.3 Å².